The van der Waals surface area contributed by atoms with E-state index in [1.54, 1.807) is 18.2 Å². The number of rotatable bonds is 1. The highest BCUT2D eigenvalue weighted by atomic mass is 16.3. The zero-order valence-electron chi connectivity index (χ0n) is 7.03. The zero-order chi connectivity index (χ0) is 9.26. The number of aliphatic hydroxyl groups is 1. The van der Waals surface area contributed by atoms with Crippen LogP contribution in [-0.4, -0.2) is 5.11 Å². The minimum Gasteiger partial charge on any atom is -0.512 e. The molecule has 0 fully saturated rings. The molecule has 1 aliphatic rings. The highest BCUT2D eigenvalue weighted by Crippen LogP contribution is 2.08. The Kier molecular flexibility index (Phi) is 1.85. The van der Waals surface area contributed by atoms with Crippen molar-refractivity contribution in [1.82, 2.24) is 0 Å². The molecular formula is C10H9NO2. The van der Waals surface area contributed by atoms with E-state index >= 15 is 0 Å². The Bertz CT molecular complexity index is 462. The summed E-state index contributed by atoms with van der Waals surface area (Å²) in [6, 6.07) is 5.18. The predicted molar refractivity (Wildman–Crippen MR) is 50.9 cm³/mol. The maximum Gasteiger partial charge on any atom is 0.115 e. The zero-order valence-corrected chi connectivity index (χ0v) is 7.03. The van der Waals surface area contributed by atoms with Crippen molar-refractivity contribution in [2.24, 2.45) is 5.18 Å². The summed E-state index contributed by atoms with van der Waals surface area (Å²) < 4.78 is 0. The Balaban J connectivity index is 2.91. The molecule has 0 saturated carbocycles. The first-order valence-electron chi connectivity index (χ1n) is 4.17. The van der Waals surface area contributed by atoms with E-state index in [0.717, 1.165) is 16.9 Å². The van der Waals surface area contributed by atoms with Crippen molar-refractivity contribution < 1.29 is 5.11 Å². The maximum absolute atomic E-state index is 10.4. The minimum atomic E-state index is 0.350. The summed E-state index contributed by atoms with van der Waals surface area (Å²) in [5.74, 6) is 0.350. The quantitative estimate of drug-likeness (QED) is 0.654. The van der Waals surface area contributed by atoms with Crippen molar-refractivity contribution in [2.45, 2.75) is 12.8 Å². The molecule has 0 aromatic heterocycles. The molecule has 0 amide bonds. The monoisotopic (exact) mass is 175 g/mol. The fraction of sp³-hybridized carbons (Fsp3) is 0.200. The van der Waals surface area contributed by atoms with Gasteiger partial charge in [0.25, 0.3) is 0 Å². The van der Waals surface area contributed by atoms with Crippen molar-refractivity contribution in [2.75, 3.05) is 0 Å². The van der Waals surface area contributed by atoms with Gasteiger partial charge in [0.2, 0.25) is 0 Å². The summed E-state index contributed by atoms with van der Waals surface area (Å²) >= 11 is 0. The molecule has 0 bridgehead atoms. The third-order valence-electron chi connectivity index (χ3n) is 2.22. The van der Waals surface area contributed by atoms with E-state index in [0.29, 0.717) is 17.9 Å². The van der Waals surface area contributed by atoms with Gasteiger partial charge in [-0.05, 0) is 17.7 Å². The van der Waals surface area contributed by atoms with Crippen molar-refractivity contribution in [3.63, 3.8) is 0 Å². The van der Waals surface area contributed by atoms with Crippen LogP contribution in [0.4, 0.5) is 5.69 Å². The van der Waals surface area contributed by atoms with Gasteiger partial charge >= 0.3 is 0 Å². The topological polar surface area (TPSA) is 49.7 Å². The summed E-state index contributed by atoms with van der Waals surface area (Å²) in [6.45, 7) is 0. The van der Waals surface area contributed by atoms with E-state index in [1.807, 2.05) is 6.08 Å². The molecule has 13 heavy (non-hydrogen) atoms. The van der Waals surface area contributed by atoms with E-state index < -0.39 is 0 Å². The summed E-state index contributed by atoms with van der Waals surface area (Å²) in [4.78, 5) is 10.4. The van der Waals surface area contributed by atoms with Gasteiger partial charge in [-0.15, -0.1) is 4.91 Å². The van der Waals surface area contributed by atoms with Crippen LogP contribution >= 0.6 is 0 Å². The lowest BCUT2D eigenvalue weighted by molar-refractivity contribution is 0.478. The Labute approximate surface area is 75.0 Å². The number of fused-ring (bicyclic) bond motifs is 1. The van der Waals surface area contributed by atoms with Gasteiger partial charge in [0.05, 0.1) is 0 Å². The highest BCUT2D eigenvalue weighted by Gasteiger charge is 2.05. The lowest BCUT2D eigenvalue weighted by Crippen LogP contribution is -2.29. The normalized spacial score (nSPS) is 14.6. The van der Waals surface area contributed by atoms with E-state index in [9.17, 15) is 10.0 Å². The van der Waals surface area contributed by atoms with E-state index in [1.165, 1.54) is 0 Å². The van der Waals surface area contributed by atoms with Crippen LogP contribution in [0.2, 0.25) is 0 Å². The van der Waals surface area contributed by atoms with E-state index in [-0.39, 0.29) is 0 Å². The van der Waals surface area contributed by atoms with Crippen molar-refractivity contribution >= 4 is 17.5 Å². The van der Waals surface area contributed by atoms with Gasteiger partial charge in [-0.25, -0.2) is 0 Å². The number of hydrogen-bond acceptors (Lipinski definition) is 3. The Morgan fingerprint density at radius 1 is 1.38 bits per heavy atom. The SMILES string of the molecule is O=Nc1cccc2c1=CCCC=2O. The van der Waals surface area contributed by atoms with E-state index in [4.69, 9.17) is 0 Å². The molecule has 1 aromatic rings. The van der Waals surface area contributed by atoms with Gasteiger partial charge in [-0.2, -0.15) is 0 Å². The van der Waals surface area contributed by atoms with Crippen LogP contribution in [0.3, 0.4) is 0 Å². The molecular weight excluding hydrogens is 166 g/mol. The van der Waals surface area contributed by atoms with Gasteiger partial charge in [-0.3, -0.25) is 0 Å². The summed E-state index contributed by atoms with van der Waals surface area (Å²) in [5, 5.41) is 14.0. The summed E-state index contributed by atoms with van der Waals surface area (Å²) in [7, 11) is 0. The van der Waals surface area contributed by atoms with Crippen LogP contribution in [0.5, 0.6) is 0 Å². The van der Waals surface area contributed by atoms with Crippen LogP contribution < -0.4 is 10.4 Å². The first-order chi connectivity index (χ1) is 6.33. The Morgan fingerprint density at radius 2 is 2.23 bits per heavy atom. The summed E-state index contributed by atoms with van der Waals surface area (Å²) in [6.07, 6.45) is 3.35. The first-order valence-corrected chi connectivity index (χ1v) is 4.17. The third-order valence-corrected chi connectivity index (χ3v) is 2.22. The smallest absolute Gasteiger partial charge is 0.115 e. The molecule has 0 saturated heterocycles. The molecule has 3 nitrogen and oxygen atoms in total. The molecule has 1 N–H and O–H groups in total. The third kappa shape index (κ3) is 1.22. The molecule has 3 heteroatoms. The first kappa shape index (κ1) is 7.98. The lowest BCUT2D eigenvalue weighted by atomic mass is 10.1. The second-order valence-electron chi connectivity index (χ2n) is 3.02. The van der Waals surface area contributed by atoms with Crippen LogP contribution in [0.25, 0.3) is 11.8 Å². The molecule has 1 aromatic carbocycles. The summed E-state index contributed by atoms with van der Waals surface area (Å²) in [5.41, 5.74) is 0.406. The fourth-order valence-electron chi connectivity index (χ4n) is 1.59. The molecule has 0 spiro atoms. The van der Waals surface area contributed by atoms with Crippen molar-refractivity contribution in [3.8, 4) is 0 Å². The van der Waals surface area contributed by atoms with Gasteiger partial charge in [-0.1, -0.05) is 18.2 Å². The Morgan fingerprint density at radius 3 is 3.00 bits per heavy atom. The second kappa shape index (κ2) is 3.01. The number of aliphatic hydroxyl groups excluding tert-OH is 1. The lowest BCUT2D eigenvalue weighted by Gasteiger charge is -2.04. The van der Waals surface area contributed by atoms with Crippen molar-refractivity contribution in [3.05, 3.63) is 33.5 Å². The van der Waals surface area contributed by atoms with Crippen LogP contribution in [0.15, 0.2) is 23.4 Å². The van der Waals surface area contributed by atoms with Gasteiger partial charge < -0.3 is 5.11 Å². The molecule has 0 heterocycles. The number of nitroso groups, excluding NO2 is 1. The number of benzene rings is 1. The predicted octanol–water partition coefficient (Wildman–Crippen LogP) is 1.33. The largest absolute Gasteiger partial charge is 0.512 e. The van der Waals surface area contributed by atoms with Crippen LogP contribution in [-0.2, 0) is 0 Å². The Hall–Kier alpha value is -1.64. The highest BCUT2D eigenvalue weighted by molar-refractivity contribution is 5.52. The van der Waals surface area contributed by atoms with Gasteiger partial charge in [0.1, 0.15) is 11.4 Å². The maximum atomic E-state index is 10.4. The average molecular weight is 175 g/mol. The van der Waals surface area contributed by atoms with Crippen LogP contribution in [0.1, 0.15) is 12.8 Å². The molecule has 0 atom stereocenters. The van der Waals surface area contributed by atoms with Gasteiger partial charge in [0.15, 0.2) is 0 Å². The molecule has 0 aliphatic heterocycles. The molecule has 1 aliphatic carbocycles. The minimum absolute atomic E-state index is 0.350. The molecule has 66 valence electrons. The van der Waals surface area contributed by atoms with Crippen LogP contribution in [0, 0.1) is 4.91 Å². The number of nitrogens with zero attached hydrogens (tertiary/aromatic N) is 1. The van der Waals surface area contributed by atoms with Crippen molar-refractivity contribution in [1.29, 1.82) is 0 Å². The molecule has 2 rings (SSSR count). The molecule has 0 unspecified atom stereocenters. The van der Waals surface area contributed by atoms with Gasteiger partial charge in [0, 0.05) is 16.9 Å². The molecule has 0 radical (unpaired) electrons. The standard InChI is InChI=1S/C10H9NO2/c12-10-6-2-3-7-8(10)4-1-5-9(7)11-13/h1,3-5,12H,2,6H2. The van der Waals surface area contributed by atoms with E-state index in [2.05, 4.69) is 5.18 Å². The number of hydrogen-bond donors (Lipinski definition) is 1. The fourth-order valence-corrected chi connectivity index (χ4v) is 1.59. The average Bonchev–Trinajstić information content (AvgIpc) is 2.18. The second-order valence-corrected chi connectivity index (χ2v) is 3.02.